The van der Waals surface area contributed by atoms with E-state index in [1.165, 1.54) is 0 Å². The smallest absolute Gasteiger partial charge is 0.248 e. The van der Waals surface area contributed by atoms with Crippen molar-refractivity contribution in [1.29, 1.82) is 0 Å². The van der Waals surface area contributed by atoms with E-state index < -0.39 is 35.1 Å². The minimum atomic E-state index is -1.13. The molecule has 3 aliphatic rings. The summed E-state index contributed by atoms with van der Waals surface area (Å²) in [5.41, 5.74) is -1.03. The van der Waals surface area contributed by atoms with Crippen LogP contribution in [0.2, 0.25) is 0 Å². The van der Waals surface area contributed by atoms with Crippen molar-refractivity contribution >= 4 is 17.7 Å². The van der Waals surface area contributed by atoms with Crippen LogP contribution in [0.15, 0.2) is 55.6 Å². The number of benzene rings is 1. The third-order valence-electron chi connectivity index (χ3n) is 8.85. The number of rotatable bonds is 13. The summed E-state index contributed by atoms with van der Waals surface area (Å²) >= 11 is 0. The van der Waals surface area contributed by atoms with Crippen LogP contribution in [0.1, 0.15) is 45.1 Å². The molecule has 1 N–H and O–H groups in total. The van der Waals surface area contributed by atoms with E-state index in [-0.39, 0.29) is 24.3 Å². The standard InChI is InChI=1S/C31H43N3O5/c1-6-9-19-33(18-8-3)29(38)26-31-16-15-30(4,39-31)24(27(36)32(5)17-7-2)25(31)28(37)34(26)23(21-35)20-22-13-11-10-12-14-22/h7-8,10-14,23-26,35H,2-3,6,9,15-21H2,1,4-5H3/t23-,24+,25+,26?,30-,31?/m1/s1. The number of amides is 3. The van der Waals surface area contributed by atoms with Crippen molar-refractivity contribution in [3.05, 3.63) is 61.2 Å². The maximum atomic E-state index is 14.5. The first-order chi connectivity index (χ1) is 18.7. The van der Waals surface area contributed by atoms with Crippen LogP contribution >= 0.6 is 0 Å². The first-order valence-electron chi connectivity index (χ1n) is 14.1. The zero-order chi connectivity index (χ0) is 28.4. The van der Waals surface area contributed by atoms with Crippen molar-refractivity contribution in [2.45, 2.75) is 69.2 Å². The van der Waals surface area contributed by atoms with Crippen LogP contribution in [0.5, 0.6) is 0 Å². The number of aliphatic hydroxyl groups excluding tert-OH is 1. The Bertz CT molecular complexity index is 1090. The largest absolute Gasteiger partial charge is 0.394 e. The van der Waals surface area contributed by atoms with Gasteiger partial charge in [-0.1, -0.05) is 55.8 Å². The molecule has 3 fully saturated rings. The van der Waals surface area contributed by atoms with Crippen LogP contribution in [0.3, 0.4) is 0 Å². The van der Waals surface area contributed by atoms with E-state index in [1.54, 1.807) is 33.9 Å². The molecule has 8 heteroatoms. The molecule has 3 heterocycles. The minimum absolute atomic E-state index is 0.178. The Hall–Kier alpha value is -2.97. The lowest BCUT2D eigenvalue weighted by atomic mass is 9.66. The summed E-state index contributed by atoms with van der Waals surface area (Å²) < 4.78 is 6.75. The maximum absolute atomic E-state index is 14.5. The zero-order valence-corrected chi connectivity index (χ0v) is 23.6. The lowest BCUT2D eigenvalue weighted by Gasteiger charge is -2.39. The number of hydrogen-bond donors (Lipinski definition) is 1. The van der Waals surface area contributed by atoms with Crippen LogP contribution in [0.4, 0.5) is 0 Å². The van der Waals surface area contributed by atoms with E-state index in [1.807, 2.05) is 37.3 Å². The Labute approximate surface area is 232 Å². The van der Waals surface area contributed by atoms with E-state index in [9.17, 15) is 19.5 Å². The number of carbonyl (C=O) groups excluding carboxylic acids is 3. The fourth-order valence-corrected chi connectivity index (χ4v) is 7.04. The Balaban J connectivity index is 1.81. The van der Waals surface area contributed by atoms with Crippen LogP contribution in [0.25, 0.3) is 0 Å². The monoisotopic (exact) mass is 537 g/mol. The molecule has 1 spiro atoms. The predicted molar refractivity (Wildman–Crippen MR) is 150 cm³/mol. The number of likely N-dealkylation sites (N-methyl/N-ethyl adjacent to an activating group) is 1. The SMILES string of the molecule is C=CCN(C)C(=O)[C@@H]1[C@H]2C(=O)N([C@@H](CO)Cc3ccccc3)C(C(=O)N(CC=C)CCCC)C23CC[C@@]1(C)O3. The quantitative estimate of drug-likeness (QED) is 0.391. The van der Waals surface area contributed by atoms with Gasteiger partial charge in [0.1, 0.15) is 11.6 Å². The van der Waals surface area contributed by atoms with Gasteiger partial charge < -0.3 is 24.5 Å². The van der Waals surface area contributed by atoms with E-state index in [4.69, 9.17) is 4.74 Å². The third-order valence-corrected chi connectivity index (χ3v) is 8.85. The lowest BCUT2D eigenvalue weighted by molar-refractivity contribution is -0.156. The molecule has 0 saturated carbocycles. The number of aliphatic hydroxyl groups is 1. The van der Waals surface area contributed by atoms with Gasteiger partial charge in [-0.05, 0) is 38.2 Å². The number of nitrogens with zero attached hydrogens (tertiary/aromatic N) is 3. The molecule has 2 unspecified atom stereocenters. The molecule has 3 saturated heterocycles. The molecule has 0 aromatic heterocycles. The molecule has 39 heavy (non-hydrogen) atoms. The van der Waals surface area contributed by atoms with Gasteiger partial charge in [-0.3, -0.25) is 14.4 Å². The summed E-state index contributed by atoms with van der Waals surface area (Å²) in [6, 6.07) is 8.07. The number of unbranched alkanes of at least 4 members (excludes halogenated alkanes) is 1. The highest BCUT2D eigenvalue weighted by Crippen LogP contribution is 2.63. The van der Waals surface area contributed by atoms with Gasteiger partial charge in [0.05, 0.1) is 30.1 Å². The van der Waals surface area contributed by atoms with E-state index in [0.29, 0.717) is 38.9 Å². The molecule has 1 aromatic rings. The van der Waals surface area contributed by atoms with Gasteiger partial charge in [0.25, 0.3) is 0 Å². The van der Waals surface area contributed by atoms with Gasteiger partial charge in [-0.25, -0.2) is 0 Å². The van der Waals surface area contributed by atoms with Gasteiger partial charge in [-0.2, -0.15) is 0 Å². The topological polar surface area (TPSA) is 90.4 Å². The van der Waals surface area contributed by atoms with Gasteiger partial charge >= 0.3 is 0 Å². The molecular formula is C31H43N3O5. The van der Waals surface area contributed by atoms with Crippen molar-refractivity contribution in [3.8, 4) is 0 Å². The molecular weight excluding hydrogens is 494 g/mol. The fourth-order valence-electron chi connectivity index (χ4n) is 7.04. The first-order valence-corrected chi connectivity index (χ1v) is 14.1. The van der Waals surface area contributed by atoms with Gasteiger partial charge in [-0.15, -0.1) is 13.2 Å². The van der Waals surface area contributed by atoms with E-state index in [0.717, 1.165) is 18.4 Å². The first kappa shape index (κ1) is 29.0. The highest BCUT2D eigenvalue weighted by Gasteiger charge is 2.78. The van der Waals surface area contributed by atoms with Crippen molar-refractivity contribution in [2.24, 2.45) is 11.8 Å². The second kappa shape index (κ2) is 11.6. The van der Waals surface area contributed by atoms with Gasteiger partial charge in [0.15, 0.2) is 0 Å². The van der Waals surface area contributed by atoms with Crippen LogP contribution in [0, 0.1) is 11.8 Å². The van der Waals surface area contributed by atoms with Crippen LogP contribution in [-0.4, -0.2) is 94.1 Å². The summed E-state index contributed by atoms with van der Waals surface area (Å²) in [7, 11) is 1.70. The molecule has 1 aromatic carbocycles. The minimum Gasteiger partial charge on any atom is -0.394 e. The van der Waals surface area contributed by atoms with Crippen molar-refractivity contribution in [3.63, 3.8) is 0 Å². The summed E-state index contributed by atoms with van der Waals surface area (Å²) in [5, 5.41) is 10.6. The Morgan fingerprint density at radius 2 is 1.87 bits per heavy atom. The van der Waals surface area contributed by atoms with Crippen LogP contribution in [-0.2, 0) is 25.5 Å². The molecule has 3 amide bonds. The average molecular weight is 538 g/mol. The number of fused-ring (bicyclic) bond motifs is 1. The summed E-state index contributed by atoms with van der Waals surface area (Å²) in [6.07, 6.45) is 6.54. The lowest BCUT2D eigenvalue weighted by Crippen LogP contribution is -2.59. The highest BCUT2D eigenvalue weighted by atomic mass is 16.5. The van der Waals surface area contributed by atoms with Crippen molar-refractivity contribution in [2.75, 3.05) is 33.3 Å². The average Bonchev–Trinajstić information content (AvgIpc) is 3.50. The molecule has 212 valence electrons. The maximum Gasteiger partial charge on any atom is 0.248 e. The second-order valence-electron chi connectivity index (χ2n) is 11.4. The van der Waals surface area contributed by atoms with Gasteiger partial charge in [0, 0.05) is 26.7 Å². The molecule has 2 bridgehead atoms. The van der Waals surface area contributed by atoms with E-state index >= 15 is 0 Å². The highest BCUT2D eigenvalue weighted by molar-refractivity contribution is 5.99. The number of likely N-dealkylation sites (tertiary alicyclic amines) is 1. The Kier molecular flexibility index (Phi) is 8.66. The van der Waals surface area contributed by atoms with Gasteiger partial charge in [0.2, 0.25) is 17.7 Å². The molecule has 8 nitrogen and oxygen atoms in total. The predicted octanol–water partition coefficient (Wildman–Crippen LogP) is 2.81. The number of ether oxygens (including phenoxy) is 1. The Morgan fingerprint density at radius 3 is 2.49 bits per heavy atom. The summed E-state index contributed by atoms with van der Waals surface area (Å²) in [5.74, 6) is -2.19. The normalized spacial score (nSPS) is 29.7. The molecule has 0 radical (unpaired) electrons. The summed E-state index contributed by atoms with van der Waals surface area (Å²) in [6.45, 7) is 12.5. The number of hydrogen-bond acceptors (Lipinski definition) is 5. The third kappa shape index (κ3) is 4.93. The Morgan fingerprint density at radius 1 is 1.18 bits per heavy atom. The molecule has 6 atom stereocenters. The molecule has 3 aliphatic heterocycles. The fraction of sp³-hybridized carbons (Fsp3) is 0.581. The van der Waals surface area contributed by atoms with Crippen molar-refractivity contribution in [1.82, 2.24) is 14.7 Å². The second-order valence-corrected chi connectivity index (χ2v) is 11.4. The number of carbonyl (C=O) groups is 3. The summed E-state index contributed by atoms with van der Waals surface area (Å²) in [4.78, 5) is 47.6. The van der Waals surface area contributed by atoms with Crippen LogP contribution < -0.4 is 0 Å². The molecule has 4 rings (SSSR count). The molecule has 0 aliphatic carbocycles. The zero-order valence-electron chi connectivity index (χ0n) is 23.6. The van der Waals surface area contributed by atoms with Crippen molar-refractivity contribution < 1.29 is 24.2 Å². The van der Waals surface area contributed by atoms with E-state index in [2.05, 4.69) is 20.1 Å².